The van der Waals surface area contributed by atoms with Crippen molar-refractivity contribution in [3.8, 4) is 0 Å². The van der Waals surface area contributed by atoms with Gasteiger partial charge < -0.3 is 0 Å². The monoisotopic (exact) mass is 333 g/mol. The van der Waals surface area contributed by atoms with E-state index < -0.39 is 0 Å². The zero-order chi connectivity index (χ0) is 16.9. The topological polar surface area (TPSA) is 62.5 Å². The Morgan fingerprint density at radius 3 is 2.72 bits per heavy atom. The Hall–Kier alpha value is -2.89. The highest BCUT2D eigenvalue weighted by Crippen LogP contribution is 2.50. The molecule has 3 aromatic rings. The van der Waals surface area contributed by atoms with E-state index in [0.29, 0.717) is 11.6 Å². The fourth-order valence-corrected chi connectivity index (χ4v) is 4.34. The van der Waals surface area contributed by atoms with Crippen LogP contribution >= 0.6 is 0 Å². The van der Waals surface area contributed by atoms with Crippen LogP contribution in [-0.2, 0) is 5.41 Å². The van der Waals surface area contributed by atoms with Gasteiger partial charge in [-0.15, -0.1) is 5.10 Å². The first-order chi connectivity index (χ1) is 12.3. The van der Waals surface area contributed by atoms with Crippen LogP contribution in [0.1, 0.15) is 31.2 Å². The average molecular weight is 333 g/mol. The molecule has 6 nitrogen and oxygen atoms in total. The van der Waals surface area contributed by atoms with Crippen LogP contribution in [0.15, 0.2) is 48.7 Å². The minimum atomic E-state index is -0.160. The number of nitrogens with zero attached hydrogens (tertiary/aromatic N) is 4. The second kappa shape index (κ2) is 5.31. The first-order valence-corrected chi connectivity index (χ1v) is 8.75. The Labute approximate surface area is 145 Å². The normalized spacial score (nSPS) is 18.0. The van der Waals surface area contributed by atoms with Crippen molar-refractivity contribution in [2.45, 2.75) is 31.1 Å². The molecule has 2 aliphatic rings. The van der Waals surface area contributed by atoms with Crippen LogP contribution in [0.3, 0.4) is 0 Å². The number of urea groups is 1. The van der Waals surface area contributed by atoms with Crippen LogP contribution in [0.5, 0.6) is 0 Å². The highest BCUT2D eigenvalue weighted by Gasteiger charge is 2.46. The molecule has 0 unspecified atom stereocenters. The number of benzene rings is 1. The number of nitrogens with one attached hydrogen (secondary N) is 1. The zero-order valence-corrected chi connectivity index (χ0v) is 13.9. The van der Waals surface area contributed by atoms with Gasteiger partial charge in [0.2, 0.25) is 0 Å². The van der Waals surface area contributed by atoms with E-state index in [9.17, 15) is 4.79 Å². The fraction of sp³-hybridized carbons (Fsp3) is 0.316. The summed E-state index contributed by atoms with van der Waals surface area (Å²) in [6, 6.07) is 13.8. The molecule has 0 atom stereocenters. The molecule has 1 aliphatic carbocycles. The maximum atomic E-state index is 12.9. The molecular weight excluding hydrogens is 314 g/mol. The number of hydrogen-bond acceptors (Lipinski definition) is 3. The van der Waals surface area contributed by atoms with Crippen molar-refractivity contribution in [3.63, 3.8) is 0 Å². The Morgan fingerprint density at radius 2 is 1.88 bits per heavy atom. The molecule has 0 bridgehead atoms. The third-order valence-electron chi connectivity index (χ3n) is 5.49. The number of carbonyl (C=O) groups excluding carboxylic acids is 1. The number of carbonyl (C=O) groups is 1. The lowest BCUT2D eigenvalue weighted by atomic mass is 9.81. The first-order valence-electron chi connectivity index (χ1n) is 8.75. The third kappa shape index (κ3) is 2.21. The molecule has 1 N–H and O–H groups in total. The molecule has 0 saturated heterocycles. The maximum absolute atomic E-state index is 12.9. The van der Waals surface area contributed by atoms with Gasteiger partial charge in [0.15, 0.2) is 5.65 Å². The van der Waals surface area contributed by atoms with E-state index >= 15 is 0 Å². The summed E-state index contributed by atoms with van der Waals surface area (Å²) in [7, 11) is 0. The van der Waals surface area contributed by atoms with Gasteiger partial charge in [-0.05, 0) is 36.6 Å². The molecule has 1 spiro atoms. The highest BCUT2D eigenvalue weighted by atomic mass is 16.2. The molecule has 1 saturated carbocycles. The van der Waals surface area contributed by atoms with Crippen LogP contribution in [-0.4, -0.2) is 27.2 Å². The van der Waals surface area contributed by atoms with E-state index in [1.54, 1.807) is 4.52 Å². The minimum absolute atomic E-state index is 0.125. The summed E-state index contributed by atoms with van der Waals surface area (Å²) in [5.74, 6) is 0.334. The molecule has 1 aromatic carbocycles. The van der Waals surface area contributed by atoms with Gasteiger partial charge in [0.05, 0.1) is 0 Å². The number of amides is 2. The number of para-hydroxylation sites is 1. The second-order valence-electron chi connectivity index (χ2n) is 6.96. The number of fused-ring (bicyclic) bond motifs is 3. The zero-order valence-electron chi connectivity index (χ0n) is 13.9. The van der Waals surface area contributed by atoms with Gasteiger partial charge >= 0.3 is 6.03 Å². The number of anilines is 2. The van der Waals surface area contributed by atoms with Crippen LogP contribution < -0.4 is 10.2 Å². The van der Waals surface area contributed by atoms with Crippen LogP contribution in [0, 0.1) is 0 Å². The van der Waals surface area contributed by atoms with Gasteiger partial charge in [0, 0.05) is 23.8 Å². The summed E-state index contributed by atoms with van der Waals surface area (Å²) in [4.78, 5) is 19.1. The Balaban J connectivity index is 1.45. The Bertz CT molecular complexity index is 924. The Morgan fingerprint density at radius 1 is 1.08 bits per heavy atom. The molecule has 2 amide bonds. The van der Waals surface area contributed by atoms with Crippen LogP contribution in [0.25, 0.3) is 5.65 Å². The highest BCUT2D eigenvalue weighted by molar-refractivity contribution is 6.03. The molecule has 1 aliphatic heterocycles. The summed E-state index contributed by atoms with van der Waals surface area (Å²) in [6.45, 7) is 0.742. The molecule has 1 fully saturated rings. The van der Waals surface area contributed by atoms with Crippen molar-refractivity contribution >= 4 is 23.3 Å². The lowest BCUT2D eigenvalue weighted by Gasteiger charge is -2.24. The SMILES string of the molecule is O=C(Nc1nc2ccccn2n1)N1CC2(CCCC2)c2ccccc21. The van der Waals surface area contributed by atoms with Gasteiger partial charge in [-0.1, -0.05) is 37.1 Å². The van der Waals surface area contributed by atoms with E-state index in [1.807, 2.05) is 41.4 Å². The van der Waals surface area contributed by atoms with Crippen molar-refractivity contribution in [2.75, 3.05) is 16.8 Å². The molecule has 2 aromatic heterocycles. The predicted octanol–water partition coefficient (Wildman–Crippen LogP) is 3.59. The smallest absolute Gasteiger partial charge is 0.293 e. The lowest BCUT2D eigenvalue weighted by molar-refractivity contribution is 0.256. The second-order valence-corrected chi connectivity index (χ2v) is 6.96. The van der Waals surface area contributed by atoms with Crippen molar-refractivity contribution < 1.29 is 4.79 Å². The van der Waals surface area contributed by atoms with Gasteiger partial charge in [-0.3, -0.25) is 10.2 Å². The molecule has 3 heterocycles. The first kappa shape index (κ1) is 14.5. The minimum Gasteiger partial charge on any atom is -0.293 e. The van der Waals surface area contributed by atoms with Crippen LogP contribution in [0.4, 0.5) is 16.4 Å². The average Bonchev–Trinajstić information content (AvgIpc) is 3.34. The lowest BCUT2D eigenvalue weighted by Crippen LogP contribution is -2.38. The van der Waals surface area contributed by atoms with E-state index in [4.69, 9.17) is 0 Å². The van der Waals surface area contributed by atoms with Crippen LogP contribution in [0.2, 0.25) is 0 Å². The molecule has 6 heteroatoms. The predicted molar refractivity (Wildman–Crippen MR) is 95.9 cm³/mol. The largest absolute Gasteiger partial charge is 0.328 e. The summed E-state index contributed by atoms with van der Waals surface area (Å²) in [5.41, 5.74) is 3.17. The molecule has 0 radical (unpaired) electrons. The Kier molecular flexibility index (Phi) is 3.07. The quantitative estimate of drug-likeness (QED) is 0.740. The van der Waals surface area contributed by atoms with Crippen molar-refractivity contribution in [3.05, 3.63) is 54.2 Å². The van der Waals surface area contributed by atoms with Gasteiger partial charge in [0.1, 0.15) is 0 Å². The standard InChI is InChI=1S/C19H19N5O/c25-18(21-17-20-16-9-3-6-12-24(16)22-17)23-13-19(10-4-5-11-19)14-7-1-2-8-15(14)23/h1-3,6-9,12H,4-5,10-11,13H2,(H,21,22,25). The molecule has 126 valence electrons. The number of pyridine rings is 1. The summed E-state index contributed by atoms with van der Waals surface area (Å²) < 4.78 is 1.66. The molecular formula is C19H19N5O. The van der Waals surface area contributed by atoms with Gasteiger partial charge in [-0.25, -0.2) is 9.31 Å². The summed E-state index contributed by atoms with van der Waals surface area (Å²) in [6.07, 6.45) is 6.59. The van der Waals surface area contributed by atoms with E-state index in [-0.39, 0.29) is 11.4 Å². The number of aromatic nitrogens is 3. The number of rotatable bonds is 1. The molecule has 5 rings (SSSR count). The summed E-state index contributed by atoms with van der Waals surface area (Å²) in [5, 5.41) is 7.18. The van der Waals surface area contributed by atoms with Crippen molar-refractivity contribution in [1.82, 2.24) is 14.6 Å². The summed E-state index contributed by atoms with van der Waals surface area (Å²) >= 11 is 0. The van der Waals surface area contributed by atoms with Gasteiger partial charge in [-0.2, -0.15) is 4.98 Å². The van der Waals surface area contributed by atoms with Crippen molar-refractivity contribution in [2.24, 2.45) is 0 Å². The van der Waals surface area contributed by atoms with E-state index in [2.05, 4.69) is 27.5 Å². The fourth-order valence-electron chi connectivity index (χ4n) is 4.34. The maximum Gasteiger partial charge on any atom is 0.328 e. The van der Waals surface area contributed by atoms with Crippen molar-refractivity contribution in [1.29, 1.82) is 0 Å². The molecule has 25 heavy (non-hydrogen) atoms. The van der Waals surface area contributed by atoms with E-state index in [1.165, 1.54) is 18.4 Å². The number of hydrogen-bond donors (Lipinski definition) is 1. The third-order valence-corrected chi connectivity index (χ3v) is 5.49. The van der Waals surface area contributed by atoms with E-state index in [0.717, 1.165) is 25.1 Å². The van der Waals surface area contributed by atoms with Gasteiger partial charge in [0.25, 0.3) is 5.95 Å².